The van der Waals surface area contributed by atoms with Gasteiger partial charge in [-0.25, -0.2) is 4.98 Å². The van der Waals surface area contributed by atoms with Gasteiger partial charge in [-0.3, -0.25) is 9.69 Å². The molecule has 1 fully saturated rings. The summed E-state index contributed by atoms with van der Waals surface area (Å²) in [5, 5.41) is 6.15. The molecule has 4 rings (SSSR count). The number of ether oxygens (including phenoxy) is 2. The third kappa shape index (κ3) is 4.75. The molecule has 0 spiro atoms. The number of furan rings is 1. The van der Waals surface area contributed by atoms with Gasteiger partial charge < -0.3 is 19.2 Å². The van der Waals surface area contributed by atoms with Crippen molar-refractivity contribution in [3.8, 4) is 22.1 Å². The lowest BCUT2D eigenvalue weighted by Gasteiger charge is -2.31. The molecular formula is C23H27N3O4S. The van der Waals surface area contributed by atoms with E-state index in [2.05, 4.69) is 15.6 Å². The Balaban J connectivity index is 1.33. The van der Waals surface area contributed by atoms with Gasteiger partial charge in [0, 0.05) is 31.1 Å². The van der Waals surface area contributed by atoms with Gasteiger partial charge in [0.15, 0.2) is 11.5 Å². The SMILES string of the molecule is COc1cccc(-c2nc(CN3CCC(NC(=O)c4ccoc4C)CC3)cs2)c1OC. The number of aryl methyl sites for hydroxylation is 1. The highest BCUT2D eigenvalue weighted by atomic mass is 32.1. The molecule has 0 atom stereocenters. The van der Waals surface area contributed by atoms with E-state index in [1.54, 1.807) is 44.8 Å². The van der Waals surface area contributed by atoms with Crippen LogP contribution in [0, 0.1) is 6.92 Å². The number of rotatable bonds is 7. The molecule has 1 aliphatic heterocycles. The molecular weight excluding hydrogens is 414 g/mol. The minimum Gasteiger partial charge on any atom is -0.493 e. The van der Waals surface area contributed by atoms with Gasteiger partial charge in [0.1, 0.15) is 10.8 Å². The van der Waals surface area contributed by atoms with E-state index in [0.717, 1.165) is 48.7 Å². The number of para-hydroxylation sites is 1. The fourth-order valence-corrected chi connectivity index (χ4v) is 4.74. The van der Waals surface area contributed by atoms with E-state index in [0.29, 0.717) is 22.8 Å². The maximum Gasteiger partial charge on any atom is 0.255 e. The first kappa shape index (κ1) is 21.4. The fraction of sp³-hybridized carbons (Fsp3) is 0.391. The number of piperidine rings is 1. The molecule has 1 N–H and O–H groups in total. The number of hydrogen-bond donors (Lipinski definition) is 1. The number of benzene rings is 1. The Kier molecular flexibility index (Phi) is 6.58. The second-order valence-electron chi connectivity index (χ2n) is 7.60. The number of nitrogens with one attached hydrogen (secondary N) is 1. The Morgan fingerprint density at radius 2 is 2.06 bits per heavy atom. The predicted molar refractivity (Wildman–Crippen MR) is 120 cm³/mol. The molecule has 164 valence electrons. The van der Waals surface area contributed by atoms with Crippen molar-refractivity contribution >= 4 is 17.2 Å². The molecule has 0 aliphatic carbocycles. The average Bonchev–Trinajstić information content (AvgIpc) is 3.43. The fourth-order valence-electron chi connectivity index (χ4n) is 3.91. The molecule has 31 heavy (non-hydrogen) atoms. The quantitative estimate of drug-likeness (QED) is 0.594. The summed E-state index contributed by atoms with van der Waals surface area (Å²) in [5.74, 6) is 2.00. The Morgan fingerprint density at radius 3 is 2.74 bits per heavy atom. The first-order valence-electron chi connectivity index (χ1n) is 10.3. The van der Waals surface area contributed by atoms with Gasteiger partial charge in [0.2, 0.25) is 0 Å². The molecule has 1 aromatic carbocycles. The first-order valence-corrected chi connectivity index (χ1v) is 11.2. The van der Waals surface area contributed by atoms with Crippen molar-refractivity contribution in [1.29, 1.82) is 0 Å². The number of methoxy groups -OCH3 is 2. The number of aromatic nitrogens is 1. The van der Waals surface area contributed by atoms with E-state index < -0.39 is 0 Å². The van der Waals surface area contributed by atoms with Crippen LogP contribution in [0.5, 0.6) is 11.5 Å². The minimum absolute atomic E-state index is 0.0546. The highest BCUT2D eigenvalue weighted by Crippen LogP contribution is 2.39. The number of carbonyl (C=O) groups excluding carboxylic acids is 1. The second kappa shape index (κ2) is 9.53. The van der Waals surface area contributed by atoms with E-state index in [9.17, 15) is 4.79 Å². The minimum atomic E-state index is -0.0546. The van der Waals surface area contributed by atoms with Crippen molar-refractivity contribution in [2.75, 3.05) is 27.3 Å². The third-order valence-corrected chi connectivity index (χ3v) is 6.52. The van der Waals surface area contributed by atoms with Gasteiger partial charge in [0.25, 0.3) is 5.91 Å². The van der Waals surface area contributed by atoms with E-state index in [4.69, 9.17) is 18.9 Å². The highest BCUT2D eigenvalue weighted by molar-refractivity contribution is 7.13. The molecule has 8 heteroatoms. The second-order valence-corrected chi connectivity index (χ2v) is 8.46. The number of likely N-dealkylation sites (tertiary alicyclic amines) is 1. The molecule has 7 nitrogen and oxygen atoms in total. The van der Waals surface area contributed by atoms with Crippen molar-refractivity contribution < 1.29 is 18.7 Å². The Morgan fingerprint density at radius 1 is 1.26 bits per heavy atom. The lowest BCUT2D eigenvalue weighted by molar-refractivity contribution is 0.0907. The van der Waals surface area contributed by atoms with Crippen LogP contribution in [0.15, 0.2) is 40.3 Å². The van der Waals surface area contributed by atoms with Gasteiger partial charge in [-0.1, -0.05) is 6.07 Å². The van der Waals surface area contributed by atoms with Crippen molar-refractivity contribution in [3.05, 3.63) is 52.9 Å². The van der Waals surface area contributed by atoms with Crippen molar-refractivity contribution in [2.45, 2.75) is 32.4 Å². The van der Waals surface area contributed by atoms with Crippen LogP contribution in [0.3, 0.4) is 0 Å². The maximum absolute atomic E-state index is 12.4. The van der Waals surface area contributed by atoms with E-state index in [1.165, 1.54) is 0 Å². The molecule has 0 unspecified atom stereocenters. The number of amides is 1. The molecule has 0 radical (unpaired) electrons. The van der Waals surface area contributed by atoms with Crippen LogP contribution in [-0.4, -0.2) is 49.1 Å². The molecule has 3 heterocycles. The monoisotopic (exact) mass is 441 g/mol. The zero-order valence-electron chi connectivity index (χ0n) is 18.0. The largest absolute Gasteiger partial charge is 0.493 e. The number of hydrogen-bond acceptors (Lipinski definition) is 7. The summed E-state index contributed by atoms with van der Waals surface area (Å²) in [7, 11) is 3.28. The summed E-state index contributed by atoms with van der Waals surface area (Å²) in [4.78, 5) is 19.6. The van der Waals surface area contributed by atoms with Crippen molar-refractivity contribution in [1.82, 2.24) is 15.2 Å². The van der Waals surface area contributed by atoms with Gasteiger partial charge in [-0.2, -0.15) is 0 Å². The van der Waals surface area contributed by atoms with E-state index >= 15 is 0 Å². The Labute approximate surface area is 186 Å². The Hall–Kier alpha value is -2.84. The van der Waals surface area contributed by atoms with Crippen molar-refractivity contribution in [3.63, 3.8) is 0 Å². The zero-order valence-corrected chi connectivity index (χ0v) is 18.8. The van der Waals surface area contributed by atoms with E-state index in [1.807, 2.05) is 18.2 Å². The van der Waals surface area contributed by atoms with Crippen LogP contribution < -0.4 is 14.8 Å². The summed E-state index contributed by atoms with van der Waals surface area (Å²) in [5.41, 5.74) is 2.60. The van der Waals surface area contributed by atoms with Crippen LogP contribution in [0.25, 0.3) is 10.6 Å². The zero-order chi connectivity index (χ0) is 21.8. The molecule has 1 aliphatic rings. The highest BCUT2D eigenvalue weighted by Gasteiger charge is 2.23. The van der Waals surface area contributed by atoms with Crippen molar-refractivity contribution in [2.24, 2.45) is 0 Å². The number of carbonyl (C=O) groups is 1. The van der Waals surface area contributed by atoms with Gasteiger partial charge in [0.05, 0.1) is 37.3 Å². The maximum atomic E-state index is 12.4. The van der Waals surface area contributed by atoms with Gasteiger partial charge in [-0.05, 0) is 38.0 Å². The topological polar surface area (TPSA) is 76.8 Å². The summed E-state index contributed by atoms with van der Waals surface area (Å²) in [6.45, 7) is 4.44. The standard InChI is InChI=1S/C23H27N3O4S/c1-15-18(9-12-30-15)22(27)24-16-7-10-26(11-8-16)13-17-14-31-23(25-17)19-5-4-6-20(28-2)21(19)29-3/h4-6,9,12,14,16H,7-8,10-11,13H2,1-3H3,(H,24,27). The van der Waals surface area contributed by atoms with Crippen LogP contribution in [0.4, 0.5) is 0 Å². The Bertz CT molecular complexity index is 1040. The molecule has 3 aromatic rings. The van der Waals surface area contributed by atoms with Crippen LogP contribution in [0.2, 0.25) is 0 Å². The smallest absolute Gasteiger partial charge is 0.255 e. The van der Waals surface area contributed by atoms with Crippen LogP contribution in [0.1, 0.15) is 34.7 Å². The van der Waals surface area contributed by atoms with Gasteiger partial charge in [-0.15, -0.1) is 11.3 Å². The average molecular weight is 442 g/mol. The molecule has 0 saturated carbocycles. The van der Waals surface area contributed by atoms with E-state index in [-0.39, 0.29) is 11.9 Å². The summed E-state index contributed by atoms with van der Waals surface area (Å²) >= 11 is 1.61. The molecule has 2 aromatic heterocycles. The third-order valence-electron chi connectivity index (χ3n) is 5.60. The molecule has 1 saturated heterocycles. The van der Waals surface area contributed by atoms with Crippen LogP contribution in [-0.2, 0) is 6.54 Å². The first-order chi connectivity index (χ1) is 15.1. The summed E-state index contributed by atoms with van der Waals surface area (Å²) < 4.78 is 16.2. The van der Waals surface area contributed by atoms with Crippen LogP contribution >= 0.6 is 11.3 Å². The molecule has 0 bridgehead atoms. The molecule has 1 amide bonds. The lowest BCUT2D eigenvalue weighted by atomic mass is 10.0. The number of thiazole rings is 1. The number of nitrogens with zero attached hydrogens (tertiary/aromatic N) is 2. The predicted octanol–water partition coefficient (Wildman–Crippen LogP) is 4.12. The normalized spacial score (nSPS) is 15.1. The lowest BCUT2D eigenvalue weighted by Crippen LogP contribution is -2.44. The summed E-state index contributed by atoms with van der Waals surface area (Å²) in [6, 6.07) is 7.73. The van der Waals surface area contributed by atoms with Gasteiger partial charge >= 0.3 is 0 Å². The summed E-state index contributed by atoms with van der Waals surface area (Å²) in [6.07, 6.45) is 3.39.